The average molecular weight is 287 g/mol. The lowest BCUT2D eigenvalue weighted by atomic mass is 10.0. The Morgan fingerprint density at radius 2 is 2.10 bits per heavy atom. The van der Waals surface area contributed by atoms with Crippen LogP contribution in [0.15, 0.2) is 24.3 Å². The normalized spacial score (nSPS) is 18.6. The lowest BCUT2D eigenvalue weighted by Crippen LogP contribution is -2.09. The van der Waals surface area contributed by atoms with Crippen LogP contribution in [0.2, 0.25) is 0 Å². The van der Waals surface area contributed by atoms with Gasteiger partial charge in [0, 0.05) is 6.61 Å². The second kappa shape index (κ2) is 5.95. The van der Waals surface area contributed by atoms with Crippen LogP contribution < -0.4 is 0 Å². The minimum Gasteiger partial charge on any atom is -0.390 e. The van der Waals surface area contributed by atoms with Crippen LogP contribution >= 0.6 is 0 Å². The molecule has 112 valence electrons. The summed E-state index contributed by atoms with van der Waals surface area (Å²) in [5.41, 5.74) is 3.74. The zero-order valence-corrected chi connectivity index (χ0v) is 12.5. The number of hydrogen-bond donors (Lipinski definition) is 1. The summed E-state index contributed by atoms with van der Waals surface area (Å²) in [6, 6.07) is 8.31. The highest BCUT2D eigenvalue weighted by atomic mass is 16.5. The Morgan fingerprint density at radius 1 is 1.33 bits per heavy atom. The monoisotopic (exact) mass is 287 g/mol. The molecule has 0 aliphatic carbocycles. The predicted molar refractivity (Wildman–Crippen MR) is 79.3 cm³/mol. The Hall–Kier alpha value is -1.72. The summed E-state index contributed by atoms with van der Waals surface area (Å²) < 4.78 is 7.55. The van der Waals surface area contributed by atoms with Gasteiger partial charge in [-0.2, -0.15) is 0 Å². The van der Waals surface area contributed by atoms with Crippen LogP contribution in [-0.4, -0.2) is 26.7 Å². The molecule has 1 aliphatic heterocycles. The Bertz CT molecular complexity index is 598. The summed E-state index contributed by atoms with van der Waals surface area (Å²) >= 11 is 0. The summed E-state index contributed by atoms with van der Waals surface area (Å²) in [5.74, 6) is 0.500. The molecule has 5 heteroatoms. The van der Waals surface area contributed by atoms with Gasteiger partial charge < -0.3 is 9.84 Å². The van der Waals surface area contributed by atoms with Crippen molar-refractivity contribution in [2.45, 2.75) is 45.3 Å². The van der Waals surface area contributed by atoms with Gasteiger partial charge in [-0.25, -0.2) is 4.68 Å². The van der Waals surface area contributed by atoms with Crippen molar-refractivity contribution in [2.75, 3.05) is 6.61 Å². The minimum atomic E-state index is -0.112. The van der Waals surface area contributed by atoms with Crippen LogP contribution in [0.5, 0.6) is 0 Å². The third kappa shape index (κ3) is 2.71. The Kier molecular flexibility index (Phi) is 4.03. The molecule has 0 spiro atoms. The van der Waals surface area contributed by atoms with Gasteiger partial charge in [-0.3, -0.25) is 0 Å². The molecule has 1 atom stereocenters. The van der Waals surface area contributed by atoms with Crippen LogP contribution in [0.1, 0.15) is 55.7 Å². The van der Waals surface area contributed by atoms with Crippen molar-refractivity contribution >= 4 is 0 Å². The fourth-order valence-electron chi connectivity index (χ4n) is 2.74. The standard InChI is InChI=1S/C16H21N3O2/c1-11(2)12-5-7-13(8-6-12)19-16(14(10-20)17-18-19)15-4-3-9-21-15/h5-8,11,15,20H,3-4,9-10H2,1-2H3. The number of benzene rings is 1. The third-order valence-electron chi connectivity index (χ3n) is 3.97. The molecule has 0 amide bonds. The van der Waals surface area contributed by atoms with Gasteiger partial charge in [-0.05, 0) is 36.5 Å². The summed E-state index contributed by atoms with van der Waals surface area (Å²) in [5, 5.41) is 17.8. The molecule has 1 aromatic carbocycles. The Labute approximate surface area is 124 Å². The molecule has 1 unspecified atom stereocenters. The van der Waals surface area contributed by atoms with Crippen LogP contribution in [0.4, 0.5) is 0 Å². The molecule has 1 fully saturated rings. The summed E-state index contributed by atoms with van der Waals surface area (Å²) in [7, 11) is 0. The average Bonchev–Trinajstić information content (AvgIpc) is 3.15. The maximum atomic E-state index is 9.48. The Balaban J connectivity index is 1.99. The largest absolute Gasteiger partial charge is 0.390 e. The second-order valence-corrected chi connectivity index (χ2v) is 5.74. The van der Waals surface area contributed by atoms with Gasteiger partial charge in [-0.15, -0.1) is 5.10 Å². The molecule has 5 nitrogen and oxygen atoms in total. The molecule has 1 saturated heterocycles. The van der Waals surface area contributed by atoms with E-state index in [9.17, 15) is 5.11 Å². The van der Waals surface area contributed by atoms with E-state index in [1.54, 1.807) is 4.68 Å². The number of hydrogen-bond acceptors (Lipinski definition) is 4. The molecular weight excluding hydrogens is 266 g/mol. The molecule has 2 heterocycles. The topological polar surface area (TPSA) is 60.2 Å². The van der Waals surface area contributed by atoms with E-state index in [4.69, 9.17) is 4.74 Å². The summed E-state index contributed by atoms with van der Waals surface area (Å²) in [6.07, 6.45) is 1.96. The van der Waals surface area contributed by atoms with Crippen LogP contribution in [0.25, 0.3) is 5.69 Å². The van der Waals surface area contributed by atoms with Crippen LogP contribution in [0, 0.1) is 0 Å². The lowest BCUT2D eigenvalue weighted by Gasteiger charge is -2.14. The van der Waals surface area contributed by atoms with E-state index in [2.05, 4.69) is 36.3 Å². The number of aliphatic hydroxyl groups is 1. The SMILES string of the molecule is CC(C)c1ccc(-n2nnc(CO)c2C2CCCO2)cc1. The maximum Gasteiger partial charge on any atom is 0.114 e. The molecule has 0 bridgehead atoms. The quantitative estimate of drug-likeness (QED) is 0.939. The van der Waals surface area contributed by atoms with E-state index in [1.165, 1.54) is 5.56 Å². The van der Waals surface area contributed by atoms with Crippen molar-refractivity contribution in [1.82, 2.24) is 15.0 Å². The molecule has 1 N–H and O–H groups in total. The van der Waals surface area contributed by atoms with E-state index < -0.39 is 0 Å². The first-order chi connectivity index (χ1) is 10.2. The highest BCUT2D eigenvalue weighted by molar-refractivity contribution is 5.37. The van der Waals surface area contributed by atoms with Gasteiger partial charge in [-0.1, -0.05) is 31.2 Å². The van der Waals surface area contributed by atoms with Crippen LogP contribution in [-0.2, 0) is 11.3 Å². The minimum absolute atomic E-state index is 0.0214. The van der Waals surface area contributed by atoms with E-state index >= 15 is 0 Å². The summed E-state index contributed by atoms with van der Waals surface area (Å²) in [4.78, 5) is 0. The van der Waals surface area contributed by atoms with Crippen molar-refractivity contribution in [3.63, 3.8) is 0 Å². The van der Waals surface area contributed by atoms with Crippen molar-refractivity contribution in [3.8, 4) is 5.69 Å². The zero-order valence-electron chi connectivity index (χ0n) is 12.5. The smallest absolute Gasteiger partial charge is 0.114 e. The third-order valence-corrected chi connectivity index (χ3v) is 3.97. The molecule has 0 saturated carbocycles. The maximum absolute atomic E-state index is 9.48. The fourth-order valence-corrected chi connectivity index (χ4v) is 2.74. The number of ether oxygens (including phenoxy) is 1. The molecule has 3 rings (SSSR count). The van der Waals surface area contributed by atoms with Gasteiger partial charge in [0.15, 0.2) is 0 Å². The predicted octanol–water partition coefficient (Wildman–Crippen LogP) is 2.73. The van der Waals surface area contributed by atoms with Crippen molar-refractivity contribution in [2.24, 2.45) is 0 Å². The Morgan fingerprint density at radius 3 is 2.67 bits per heavy atom. The number of rotatable bonds is 4. The molecule has 1 aliphatic rings. The highest BCUT2D eigenvalue weighted by Crippen LogP contribution is 2.31. The van der Waals surface area contributed by atoms with Gasteiger partial charge in [0.05, 0.1) is 18.0 Å². The first-order valence-electron chi connectivity index (χ1n) is 7.48. The molecule has 1 aromatic heterocycles. The van der Waals surface area contributed by atoms with Crippen LogP contribution in [0.3, 0.4) is 0 Å². The number of nitrogens with zero attached hydrogens (tertiary/aromatic N) is 3. The fraction of sp³-hybridized carbons (Fsp3) is 0.500. The van der Waals surface area contributed by atoms with Gasteiger partial charge in [0.25, 0.3) is 0 Å². The second-order valence-electron chi connectivity index (χ2n) is 5.74. The molecule has 0 radical (unpaired) electrons. The van der Waals surface area contributed by atoms with E-state index in [1.807, 2.05) is 12.1 Å². The van der Waals surface area contributed by atoms with Gasteiger partial charge in [0.2, 0.25) is 0 Å². The van der Waals surface area contributed by atoms with Gasteiger partial charge >= 0.3 is 0 Å². The van der Waals surface area contributed by atoms with E-state index in [0.29, 0.717) is 11.6 Å². The summed E-state index contributed by atoms with van der Waals surface area (Å²) in [6.45, 7) is 4.99. The number of aliphatic hydroxyl groups excluding tert-OH is 1. The lowest BCUT2D eigenvalue weighted by molar-refractivity contribution is 0.104. The van der Waals surface area contributed by atoms with Crippen molar-refractivity contribution < 1.29 is 9.84 Å². The van der Waals surface area contributed by atoms with E-state index in [-0.39, 0.29) is 12.7 Å². The molecule has 21 heavy (non-hydrogen) atoms. The van der Waals surface area contributed by atoms with E-state index in [0.717, 1.165) is 30.8 Å². The van der Waals surface area contributed by atoms with Crippen molar-refractivity contribution in [1.29, 1.82) is 0 Å². The molecular formula is C16H21N3O2. The van der Waals surface area contributed by atoms with Crippen molar-refractivity contribution in [3.05, 3.63) is 41.2 Å². The number of aromatic nitrogens is 3. The van der Waals surface area contributed by atoms with Gasteiger partial charge in [0.1, 0.15) is 11.8 Å². The first kappa shape index (κ1) is 14.2. The molecule has 2 aromatic rings. The highest BCUT2D eigenvalue weighted by Gasteiger charge is 2.26. The zero-order chi connectivity index (χ0) is 14.8. The first-order valence-corrected chi connectivity index (χ1v) is 7.48.